The topological polar surface area (TPSA) is 54.9 Å². The van der Waals surface area contributed by atoms with E-state index in [9.17, 15) is 4.79 Å². The molecule has 3 aromatic rings. The molecule has 0 aliphatic heterocycles. The summed E-state index contributed by atoms with van der Waals surface area (Å²) < 4.78 is 12.0. The summed E-state index contributed by atoms with van der Waals surface area (Å²) in [5.41, 5.74) is 3.31. The number of carbonyl (C=O) groups excluding carboxylic acids is 1. The Kier molecular flexibility index (Phi) is 6.71. The summed E-state index contributed by atoms with van der Waals surface area (Å²) in [6, 6.07) is 11.4. The number of amides is 1. The predicted octanol–water partition coefficient (Wildman–Crippen LogP) is 3.90. The van der Waals surface area contributed by atoms with Crippen LogP contribution >= 0.6 is 11.3 Å². The van der Waals surface area contributed by atoms with E-state index in [1.54, 1.807) is 18.1 Å². The fourth-order valence-corrected chi connectivity index (χ4v) is 3.94. The first kappa shape index (κ1) is 21.1. The van der Waals surface area contributed by atoms with Gasteiger partial charge in [0.1, 0.15) is 11.5 Å². The molecule has 6 nitrogen and oxygen atoms in total. The first-order valence-electron chi connectivity index (χ1n) is 9.47. The van der Waals surface area contributed by atoms with Gasteiger partial charge in [0.25, 0.3) is 5.91 Å². The zero-order chi connectivity index (χ0) is 21.0. The average molecular weight is 414 g/mol. The number of anilines is 1. The second kappa shape index (κ2) is 9.24. The lowest BCUT2D eigenvalue weighted by atomic mass is 10.1. The van der Waals surface area contributed by atoms with Gasteiger partial charge in [-0.2, -0.15) is 0 Å². The van der Waals surface area contributed by atoms with E-state index < -0.39 is 0 Å². The lowest BCUT2D eigenvalue weighted by molar-refractivity contribution is -0.120. The van der Waals surface area contributed by atoms with Crippen LogP contribution in [-0.2, 0) is 4.79 Å². The van der Waals surface area contributed by atoms with E-state index >= 15 is 0 Å². The maximum absolute atomic E-state index is 13.0. The number of ether oxygens (including phenoxy) is 2. The molecule has 29 heavy (non-hydrogen) atoms. The molecule has 0 N–H and O–H groups in total. The number of likely N-dealkylation sites (N-methyl/N-ethyl adjacent to an activating group) is 1. The summed E-state index contributed by atoms with van der Waals surface area (Å²) in [7, 11) is 5.58. The van der Waals surface area contributed by atoms with Crippen molar-refractivity contribution >= 4 is 32.6 Å². The molecular weight excluding hydrogens is 386 g/mol. The third-order valence-electron chi connectivity index (χ3n) is 4.78. The van der Waals surface area contributed by atoms with E-state index in [1.165, 1.54) is 16.9 Å². The second-order valence-corrected chi connectivity index (χ2v) is 8.18. The van der Waals surface area contributed by atoms with Crippen LogP contribution in [0.1, 0.15) is 11.1 Å². The van der Waals surface area contributed by atoms with Gasteiger partial charge in [0.15, 0.2) is 11.7 Å². The fraction of sp³-hybridized carbons (Fsp3) is 0.364. The van der Waals surface area contributed by atoms with Crippen molar-refractivity contribution in [1.29, 1.82) is 0 Å². The number of fused-ring (bicyclic) bond motifs is 1. The van der Waals surface area contributed by atoms with Gasteiger partial charge >= 0.3 is 0 Å². The first-order chi connectivity index (χ1) is 13.9. The number of carbonyl (C=O) groups is 1. The van der Waals surface area contributed by atoms with Gasteiger partial charge in [-0.15, -0.1) is 0 Å². The largest absolute Gasteiger partial charge is 0.497 e. The van der Waals surface area contributed by atoms with E-state index in [2.05, 4.69) is 26.0 Å². The molecule has 0 atom stereocenters. The lowest BCUT2D eigenvalue weighted by Crippen LogP contribution is -2.39. The molecule has 7 heteroatoms. The third kappa shape index (κ3) is 5.05. The summed E-state index contributed by atoms with van der Waals surface area (Å²) in [5.74, 6) is 1.17. The smallest absolute Gasteiger partial charge is 0.266 e. The molecule has 0 bridgehead atoms. The molecule has 0 saturated carbocycles. The Labute approximate surface area is 175 Å². The van der Waals surface area contributed by atoms with E-state index in [0.29, 0.717) is 23.2 Å². The Morgan fingerprint density at radius 3 is 2.59 bits per heavy atom. The molecular formula is C22H27N3O3S. The number of hydrogen-bond donors (Lipinski definition) is 0. The normalized spacial score (nSPS) is 11.1. The number of methoxy groups -OCH3 is 1. The van der Waals surface area contributed by atoms with Gasteiger partial charge < -0.3 is 14.4 Å². The predicted molar refractivity (Wildman–Crippen MR) is 118 cm³/mol. The Bertz CT molecular complexity index is 1000. The van der Waals surface area contributed by atoms with E-state index in [-0.39, 0.29) is 12.5 Å². The van der Waals surface area contributed by atoms with Gasteiger partial charge in [0.2, 0.25) is 0 Å². The number of rotatable bonds is 8. The molecule has 0 spiro atoms. The molecule has 0 aliphatic rings. The fourth-order valence-electron chi connectivity index (χ4n) is 2.87. The first-order valence-corrected chi connectivity index (χ1v) is 10.3. The molecule has 0 saturated heterocycles. The number of benzene rings is 2. The van der Waals surface area contributed by atoms with Gasteiger partial charge in [-0.1, -0.05) is 23.5 Å². The van der Waals surface area contributed by atoms with Crippen LogP contribution in [0.5, 0.6) is 11.5 Å². The van der Waals surface area contributed by atoms with Crippen LogP contribution < -0.4 is 14.4 Å². The summed E-state index contributed by atoms with van der Waals surface area (Å²) >= 11 is 1.54. The minimum atomic E-state index is -0.122. The van der Waals surface area contributed by atoms with Crippen LogP contribution in [-0.4, -0.2) is 56.7 Å². The number of aromatic nitrogens is 1. The Balaban J connectivity index is 1.82. The van der Waals surface area contributed by atoms with Crippen molar-refractivity contribution in [3.05, 3.63) is 47.5 Å². The third-order valence-corrected chi connectivity index (χ3v) is 5.82. The molecule has 0 fully saturated rings. The van der Waals surface area contributed by atoms with E-state index in [1.807, 2.05) is 37.2 Å². The molecule has 1 aromatic heterocycles. The van der Waals surface area contributed by atoms with Crippen molar-refractivity contribution in [3.8, 4) is 11.5 Å². The average Bonchev–Trinajstić information content (AvgIpc) is 3.14. The van der Waals surface area contributed by atoms with E-state index in [4.69, 9.17) is 14.5 Å². The molecule has 2 aromatic carbocycles. The zero-order valence-corrected chi connectivity index (χ0v) is 18.4. The summed E-state index contributed by atoms with van der Waals surface area (Å²) in [4.78, 5) is 21.6. The highest BCUT2D eigenvalue weighted by Crippen LogP contribution is 2.32. The van der Waals surface area contributed by atoms with Crippen molar-refractivity contribution in [2.75, 3.05) is 45.8 Å². The summed E-state index contributed by atoms with van der Waals surface area (Å²) in [5, 5.41) is 0.704. The number of thiazole rings is 1. The van der Waals surface area contributed by atoms with Crippen molar-refractivity contribution in [1.82, 2.24) is 9.88 Å². The van der Waals surface area contributed by atoms with Gasteiger partial charge in [0, 0.05) is 19.2 Å². The minimum Gasteiger partial charge on any atom is -0.497 e. The van der Waals surface area contributed by atoms with Crippen molar-refractivity contribution < 1.29 is 14.3 Å². The summed E-state index contributed by atoms with van der Waals surface area (Å²) in [6.07, 6.45) is 0. The Morgan fingerprint density at radius 2 is 1.86 bits per heavy atom. The monoisotopic (exact) mass is 413 g/mol. The maximum Gasteiger partial charge on any atom is 0.266 e. The highest BCUT2D eigenvalue weighted by atomic mass is 32.1. The van der Waals surface area contributed by atoms with Crippen LogP contribution in [0.3, 0.4) is 0 Å². The van der Waals surface area contributed by atoms with Gasteiger partial charge in [-0.05, 0) is 57.3 Å². The van der Waals surface area contributed by atoms with Crippen LogP contribution in [0.25, 0.3) is 10.2 Å². The van der Waals surface area contributed by atoms with Crippen LogP contribution in [0, 0.1) is 13.8 Å². The molecule has 0 aliphatic carbocycles. The SMILES string of the molecule is COc1cccc(OCC(=O)N(CCN(C)C)c2nc3c(C)c(C)ccc3s2)c1. The Morgan fingerprint density at radius 1 is 1.10 bits per heavy atom. The molecule has 0 unspecified atom stereocenters. The van der Waals surface area contributed by atoms with Crippen LogP contribution in [0.15, 0.2) is 36.4 Å². The van der Waals surface area contributed by atoms with E-state index in [0.717, 1.165) is 22.3 Å². The quantitative estimate of drug-likeness (QED) is 0.561. The van der Waals surface area contributed by atoms with Crippen LogP contribution in [0.2, 0.25) is 0 Å². The number of hydrogen-bond acceptors (Lipinski definition) is 6. The van der Waals surface area contributed by atoms with Gasteiger partial charge in [0.05, 0.1) is 17.3 Å². The minimum absolute atomic E-state index is 0.0610. The number of nitrogens with zero attached hydrogens (tertiary/aromatic N) is 3. The number of aryl methyl sites for hydroxylation is 2. The van der Waals surface area contributed by atoms with Gasteiger partial charge in [-0.25, -0.2) is 4.98 Å². The highest BCUT2D eigenvalue weighted by molar-refractivity contribution is 7.22. The molecule has 3 rings (SSSR count). The second-order valence-electron chi connectivity index (χ2n) is 7.17. The van der Waals surface area contributed by atoms with Crippen LogP contribution in [0.4, 0.5) is 5.13 Å². The molecule has 1 heterocycles. The lowest BCUT2D eigenvalue weighted by Gasteiger charge is -2.22. The highest BCUT2D eigenvalue weighted by Gasteiger charge is 2.21. The Hall–Kier alpha value is -2.64. The summed E-state index contributed by atoms with van der Waals surface area (Å²) in [6.45, 7) is 5.36. The van der Waals surface area contributed by atoms with Crippen molar-refractivity contribution in [2.45, 2.75) is 13.8 Å². The molecule has 0 radical (unpaired) electrons. The van der Waals surface area contributed by atoms with Crippen molar-refractivity contribution in [3.63, 3.8) is 0 Å². The maximum atomic E-state index is 13.0. The van der Waals surface area contributed by atoms with Crippen molar-refractivity contribution in [2.24, 2.45) is 0 Å². The molecule has 1 amide bonds. The van der Waals surface area contributed by atoms with Gasteiger partial charge in [-0.3, -0.25) is 9.69 Å². The molecule has 154 valence electrons. The zero-order valence-electron chi connectivity index (χ0n) is 17.6. The standard InChI is InChI=1S/C22H27N3O3S/c1-15-9-10-19-21(16(15)2)23-22(29-19)25(12-11-24(3)4)20(26)14-28-18-8-6-7-17(13-18)27-5/h6-10,13H,11-12,14H2,1-5H3.